The topological polar surface area (TPSA) is 58.6 Å². The van der Waals surface area contributed by atoms with Crippen LogP contribution in [0.25, 0.3) is 0 Å². The summed E-state index contributed by atoms with van der Waals surface area (Å²) in [6.45, 7) is 3.71. The number of rotatable bonds is 5. The van der Waals surface area contributed by atoms with Crippen molar-refractivity contribution in [1.29, 1.82) is 0 Å². The van der Waals surface area contributed by atoms with Crippen molar-refractivity contribution in [2.75, 3.05) is 26.2 Å². The number of hydrogen-bond acceptors (Lipinski definition) is 5. The first-order chi connectivity index (χ1) is 15.2. The Hall–Kier alpha value is -3.09. The highest BCUT2D eigenvalue weighted by Crippen LogP contribution is 2.42. The Kier molecular flexibility index (Phi) is 5.49. The molecule has 5 rings (SSSR count). The zero-order valence-corrected chi connectivity index (χ0v) is 17.4. The average molecular weight is 415 g/mol. The van der Waals surface area contributed by atoms with E-state index in [0.29, 0.717) is 32.8 Å². The molecule has 0 radical (unpaired) electrons. The lowest BCUT2D eigenvalue weighted by Crippen LogP contribution is -2.59. The molecule has 0 unspecified atom stereocenters. The third-order valence-electron chi connectivity index (χ3n) is 6.25. The van der Waals surface area contributed by atoms with Crippen molar-refractivity contribution in [1.82, 2.24) is 19.8 Å². The fraction of sp³-hybridized carbons (Fsp3) is 0.320. The van der Waals surface area contributed by atoms with Crippen molar-refractivity contribution < 1.29 is 9.53 Å². The number of pyridine rings is 2. The number of hydrogen-bond donors (Lipinski definition) is 0. The van der Waals surface area contributed by atoms with Crippen LogP contribution in [0.15, 0.2) is 79.3 Å². The molecule has 6 heteroatoms. The van der Waals surface area contributed by atoms with Crippen LogP contribution in [0, 0.1) is 0 Å². The Morgan fingerprint density at radius 1 is 1.00 bits per heavy atom. The molecule has 2 atom stereocenters. The van der Waals surface area contributed by atoms with E-state index in [2.05, 4.69) is 33.1 Å². The predicted molar refractivity (Wildman–Crippen MR) is 117 cm³/mol. The second-order valence-electron chi connectivity index (χ2n) is 8.28. The molecule has 0 bridgehead atoms. The highest BCUT2D eigenvalue weighted by molar-refractivity contribution is 5.88. The highest BCUT2D eigenvalue weighted by Gasteiger charge is 2.57. The minimum atomic E-state index is -0.898. The molecule has 2 aromatic heterocycles. The Morgan fingerprint density at radius 3 is 2.65 bits per heavy atom. The first-order valence-electron chi connectivity index (χ1n) is 10.7. The van der Waals surface area contributed by atoms with Gasteiger partial charge in [0.05, 0.1) is 12.3 Å². The number of aromatic nitrogens is 2. The van der Waals surface area contributed by atoms with Crippen LogP contribution in [0.2, 0.25) is 0 Å². The van der Waals surface area contributed by atoms with Gasteiger partial charge in [-0.05, 0) is 29.3 Å². The number of morpholine rings is 1. The van der Waals surface area contributed by atoms with Crippen molar-refractivity contribution in [2.45, 2.75) is 24.6 Å². The molecule has 2 aliphatic heterocycles. The molecule has 0 N–H and O–H groups in total. The summed E-state index contributed by atoms with van der Waals surface area (Å²) in [5.74, 6) is -0.00374. The van der Waals surface area contributed by atoms with E-state index in [1.54, 1.807) is 6.20 Å². The van der Waals surface area contributed by atoms with E-state index in [4.69, 9.17) is 4.74 Å². The van der Waals surface area contributed by atoms with Gasteiger partial charge in [-0.15, -0.1) is 0 Å². The Labute approximate surface area is 182 Å². The molecule has 158 valence electrons. The summed E-state index contributed by atoms with van der Waals surface area (Å²) in [4.78, 5) is 26.9. The number of amides is 1. The summed E-state index contributed by atoms with van der Waals surface area (Å²) in [6, 6.07) is 20.1. The van der Waals surface area contributed by atoms with Crippen molar-refractivity contribution in [3.05, 3.63) is 96.1 Å². The molecule has 1 amide bonds. The first kappa shape index (κ1) is 19.8. The molecule has 3 aromatic rings. The molecule has 31 heavy (non-hydrogen) atoms. The van der Waals surface area contributed by atoms with Crippen LogP contribution in [0.1, 0.15) is 22.7 Å². The van der Waals surface area contributed by atoms with Gasteiger partial charge in [-0.1, -0.05) is 42.5 Å². The summed E-state index contributed by atoms with van der Waals surface area (Å²) in [6.07, 6.45) is 5.44. The predicted octanol–water partition coefficient (Wildman–Crippen LogP) is 2.87. The molecule has 0 saturated carbocycles. The minimum Gasteiger partial charge on any atom is -0.361 e. The minimum absolute atomic E-state index is 0.0694. The molecule has 2 fully saturated rings. The fourth-order valence-corrected chi connectivity index (χ4v) is 4.80. The van der Waals surface area contributed by atoms with Gasteiger partial charge < -0.3 is 9.64 Å². The third-order valence-corrected chi connectivity index (χ3v) is 6.25. The molecular formula is C25H26N4O2. The van der Waals surface area contributed by atoms with Gasteiger partial charge in [0.2, 0.25) is 0 Å². The molecule has 2 saturated heterocycles. The van der Waals surface area contributed by atoms with Crippen LogP contribution >= 0.6 is 0 Å². The lowest BCUT2D eigenvalue weighted by atomic mass is 9.83. The van der Waals surface area contributed by atoms with Crippen molar-refractivity contribution in [2.24, 2.45) is 0 Å². The van der Waals surface area contributed by atoms with E-state index < -0.39 is 5.60 Å². The third kappa shape index (κ3) is 3.96. The summed E-state index contributed by atoms with van der Waals surface area (Å²) in [5, 5.41) is 0. The van der Waals surface area contributed by atoms with Crippen LogP contribution in [-0.4, -0.2) is 57.5 Å². The first-order valence-corrected chi connectivity index (χ1v) is 10.7. The largest absolute Gasteiger partial charge is 0.361 e. The smallest absolute Gasteiger partial charge is 0.257 e. The molecule has 1 aromatic carbocycles. The van der Waals surface area contributed by atoms with Gasteiger partial charge in [0.25, 0.3) is 5.91 Å². The summed E-state index contributed by atoms with van der Waals surface area (Å²) in [7, 11) is 0. The van der Waals surface area contributed by atoms with Gasteiger partial charge in [-0.3, -0.25) is 19.7 Å². The zero-order chi connectivity index (χ0) is 21.1. The Morgan fingerprint density at radius 2 is 1.87 bits per heavy atom. The monoisotopic (exact) mass is 414 g/mol. The van der Waals surface area contributed by atoms with Crippen molar-refractivity contribution in [3.63, 3.8) is 0 Å². The van der Waals surface area contributed by atoms with Crippen LogP contribution < -0.4 is 0 Å². The molecular weight excluding hydrogens is 388 g/mol. The highest BCUT2D eigenvalue weighted by atomic mass is 16.5. The summed E-state index contributed by atoms with van der Waals surface area (Å²) >= 11 is 0. The van der Waals surface area contributed by atoms with Gasteiger partial charge in [0.1, 0.15) is 0 Å². The molecule has 1 spiro atoms. The van der Waals surface area contributed by atoms with Crippen molar-refractivity contribution in [3.8, 4) is 0 Å². The summed E-state index contributed by atoms with van der Waals surface area (Å²) < 4.78 is 6.36. The van der Waals surface area contributed by atoms with Gasteiger partial charge in [-0.2, -0.15) is 0 Å². The van der Waals surface area contributed by atoms with E-state index in [1.165, 1.54) is 0 Å². The van der Waals surface area contributed by atoms with Crippen LogP contribution in [0.3, 0.4) is 0 Å². The maximum absolute atomic E-state index is 13.9. The van der Waals surface area contributed by atoms with E-state index >= 15 is 0 Å². The number of carbonyl (C=O) groups is 1. The van der Waals surface area contributed by atoms with E-state index in [1.807, 2.05) is 59.8 Å². The van der Waals surface area contributed by atoms with E-state index in [-0.39, 0.29) is 11.8 Å². The van der Waals surface area contributed by atoms with Crippen LogP contribution in [0.4, 0.5) is 0 Å². The zero-order valence-electron chi connectivity index (χ0n) is 17.4. The normalized spacial score (nSPS) is 24.1. The lowest BCUT2D eigenvalue weighted by molar-refractivity contribution is -0.173. The van der Waals surface area contributed by atoms with Crippen LogP contribution in [-0.2, 0) is 22.6 Å². The molecule has 2 aliphatic rings. The van der Waals surface area contributed by atoms with Gasteiger partial charge >= 0.3 is 0 Å². The average Bonchev–Trinajstić information content (AvgIpc) is 3.17. The molecule has 4 heterocycles. The number of carbonyl (C=O) groups excluding carboxylic acids is 1. The summed E-state index contributed by atoms with van der Waals surface area (Å²) in [5.41, 5.74) is 2.27. The van der Waals surface area contributed by atoms with Gasteiger partial charge in [-0.25, -0.2) is 0 Å². The number of benzene rings is 1. The quantitative estimate of drug-likeness (QED) is 0.643. The van der Waals surface area contributed by atoms with Crippen molar-refractivity contribution >= 4 is 5.91 Å². The number of likely N-dealkylation sites (tertiary alicyclic amines) is 1. The fourth-order valence-electron chi connectivity index (χ4n) is 4.80. The number of ether oxygens (including phenoxy) is 1. The lowest BCUT2D eigenvalue weighted by Gasteiger charge is -2.42. The second-order valence-corrected chi connectivity index (χ2v) is 8.28. The van der Waals surface area contributed by atoms with Gasteiger partial charge in [0.15, 0.2) is 5.60 Å². The Balaban J connectivity index is 1.45. The van der Waals surface area contributed by atoms with E-state index in [9.17, 15) is 4.79 Å². The standard InChI is InChI=1S/C25H26N4O2/c30-24-25(31-14-13-29(24)16-20-7-2-1-3-8-20)19-28(17-22-10-4-5-12-27-22)18-23(25)21-9-6-11-26-15-21/h1-12,15,23H,13-14,16-19H2/t23-,25-/m1/s1. The second kappa shape index (κ2) is 8.57. The van der Waals surface area contributed by atoms with Gasteiger partial charge in [0, 0.05) is 57.2 Å². The van der Waals surface area contributed by atoms with Crippen LogP contribution in [0.5, 0.6) is 0 Å². The SMILES string of the molecule is O=C1N(Cc2ccccc2)CCO[C@@]12CN(Cc1ccccn1)C[C@@H]2c1cccnc1. The molecule has 6 nitrogen and oxygen atoms in total. The molecule has 0 aliphatic carbocycles. The Bertz CT molecular complexity index is 1020. The van der Waals surface area contributed by atoms with E-state index in [0.717, 1.165) is 23.4 Å². The number of nitrogens with zero attached hydrogens (tertiary/aromatic N) is 4. The maximum Gasteiger partial charge on any atom is 0.257 e. The maximum atomic E-state index is 13.9.